The molecule has 0 atom stereocenters. The van der Waals surface area contributed by atoms with Crippen LogP contribution in [-0.2, 0) is 0 Å². The van der Waals surface area contributed by atoms with E-state index in [-0.39, 0.29) is 11.6 Å². The molecule has 5 heteroatoms. The zero-order valence-electron chi connectivity index (χ0n) is 13.0. The van der Waals surface area contributed by atoms with Gasteiger partial charge in [0.1, 0.15) is 0 Å². The van der Waals surface area contributed by atoms with Crippen LogP contribution in [0.15, 0.2) is 5.10 Å². The van der Waals surface area contributed by atoms with Crippen molar-refractivity contribution in [1.29, 1.82) is 0 Å². The second kappa shape index (κ2) is 6.57. The van der Waals surface area contributed by atoms with Crippen molar-refractivity contribution in [2.75, 3.05) is 13.1 Å². The molecule has 5 nitrogen and oxygen atoms in total. The van der Waals surface area contributed by atoms with E-state index in [2.05, 4.69) is 34.6 Å². The van der Waals surface area contributed by atoms with Crippen LogP contribution in [0.5, 0.6) is 0 Å². The van der Waals surface area contributed by atoms with Crippen LogP contribution >= 0.6 is 0 Å². The first-order valence-electron chi connectivity index (χ1n) is 7.82. The van der Waals surface area contributed by atoms with E-state index in [4.69, 9.17) is 0 Å². The third kappa shape index (κ3) is 4.78. The molecule has 0 aromatic heterocycles. The first-order valence-corrected chi connectivity index (χ1v) is 7.82. The van der Waals surface area contributed by atoms with Crippen LogP contribution in [0, 0.1) is 0 Å². The summed E-state index contributed by atoms with van der Waals surface area (Å²) >= 11 is 0. The van der Waals surface area contributed by atoms with E-state index >= 15 is 0 Å². The zero-order chi connectivity index (χ0) is 14.6. The summed E-state index contributed by atoms with van der Waals surface area (Å²) in [6.07, 6.45) is 6.81. The fourth-order valence-corrected chi connectivity index (χ4v) is 3.04. The number of carbonyl (C=O) groups excluding carboxylic acids is 1. The van der Waals surface area contributed by atoms with Crippen LogP contribution in [-0.4, -0.2) is 41.3 Å². The first-order chi connectivity index (χ1) is 9.47. The van der Waals surface area contributed by atoms with Gasteiger partial charge in [-0.3, -0.25) is 4.90 Å². The van der Waals surface area contributed by atoms with Crippen molar-refractivity contribution in [2.45, 2.75) is 70.9 Å². The van der Waals surface area contributed by atoms with Crippen molar-refractivity contribution in [3.05, 3.63) is 0 Å². The summed E-state index contributed by atoms with van der Waals surface area (Å²) in [6.45, 7) is 8.78. The van der Waals surface area contributed by atoms with E-state index in [0.717, 1.165) is 25.0 Å². The van der Waals surface area contributed by atoms with Crippen LogP contribution in [0.25, 0.3) is 0 Å². The molecule has 2 rings (SSSR count). The number of amides is 2. The van der Waals surface area contributed by atoms with Gasteiger partial charge in [0.2, 0.25) is 0 Å². The van der Waals surface area contributed by atoms with Crippen LogP contribution in [0.1, 0.15) is 59.3 Å². The molecule has 0 aromatic rings. The van der Waals surface area contributed by atoms with E-state index in [0.29, 0.717) is 6.04 Å². The largest absolute Gasteiger partial charge is 0.335 e. The molecule has 1 aliphatic carbocycles. The van der Waals surface area contributed by atoms with Crippen LogP contribution < -0.4 is 10.7 Å². The molecule has 0 radical (unpaired) electrons. The van der Waals surface area contributed by atoms with Gasteiger partial charge in [0.15, 0.2) is 0 Å². The third-order valence-corrected chi connectivity index (χ3v) is 4.28. The number of urea groups is 1. The van der Waals surface area contributed by atoms with Crippen molar-refractivity contribution < 1.29 is 4.79 Å². The maximum atomic E-state index is 11.8. The van der Waals surface area contributed by atoms with Crippen molar-refractivity contribution >= 4 is 11.7 Å². The molecule has 1 saturated heterocycles. The van der Waals surface area contributed by atoms with Crippen molar-refractivity contribution in [3.63, 3.8) is 0 Å². The highest BCUT2D eigenvalue weighted by atomic mass is 16.2. The summed E-state index contributed by atoms with van der Waals surface area (Å²) in [4.78, 5) is 14.2. The van der Waals surface area contributed by atoms with Gasteiger partial charge in [-0.05, 0) is 33.6 Å². The first kappa shape index (κ1) is 15.3. The van der Waals surface area contributed by atoms with Crippen molar-refractivity contribution in [3.8, 4) is 0 Å². The molecule has 0 spiro atoms. The quantitative estimate of drug-likeness (QED) is 0.462. The lowest BCUT2D eigenvalue weighted by Gasteiger charge is -2.26. The van der Waals surface area contributed by atoms with E-state index < -0.39 is 0 Å². The number of hydrogen-bond donors (Lipinski definition) is 2. The van der Waals surface area contributed by atoms with Gasteiger partial charge in [-0.1, -0.05) is 19.3 Å². The molecule has 0 aromatic carbocycles. The van der Waals surface area contributed by atoms with E-state index in [9.17, 15) is 4.79 Å². The predicted molar refractivity (Wildman–Crippen MR) is 81.9 cm³/mol. The Balaban J connectivity index is 1.71. The number of hydrogen-bond acceptors (Lipinski definition) is 3. The maximum Gasteiger partial charge on any atom is 0.335 e. The average molecular weight is 280 g/mol. The Bertz CT molecular complexity index is 368. The summed E-state index contributed by atoms with van der Waals surface area (Å²) in [5.74, 6) is 0. The summed E-state index contributed by atoms with van der Waals surface area (Å²) in [5, 5.41) is 7.22. The van der Waals surface area contributed by atoms with Crippen molar-refractivity contribution in [2.24, 2.45) is 5.10 Å². The second-order valence-corrected chi connectivity index (χ2v) is 6.74. The standard InChI is InChI=1S/C15H28N4O/c1-12(11-15(2,3)19-9-10-19)17-18-14(20)16-13-7-5-4-6-8-13/h13H,4-11H2,1-3H3,(H2,16,18,20). The molecule has 1 saturated carbocycles. The lowest BCUT2D eigenvalue weighted by molar-refractivity contribution is 0.233. The Hall–Kier alpha value is -1.10. The van der Waals surface area contributed by atoms with E-state index in [1.807, 2.05) is 6.92 Å². The number of hydrazone groups is 1. The highest BCUT2D eigenvalue weighted by molar-refractivity contribution is 5.84. The minimum absolute atomic E-state index is 0.148. The maximum absolute atomic E-state index is 11.8. The van der Waals surface area contributed by atoms with Crippen LogP contribution in [0.2, 0.25) is 0 Å². The number of rotatable bonds is 5. The highest BCUT2D eigenvalue weighted by Gasteiger charge is 2.34. The summed E-state index contributed by atoms with van der Waals surface area (Å²) in [5.41, 5.74) is 3.75. The summed E-state index contributed by atoms with van der Waals surface area (Å²) in [6, 6.07) is 0.161. The van der Waals surface area contributed by atoms with Gasteiger partial charge in [-0.2, -0.15) is 5.10 Å². The highest BCUT2D eigenvalue weighted by Crippen LogP contribution is 2.25. The van der Waals surface area contributed by atoms with Gasteiger partial charge in [-0.25, -0.2) is 10.2 Å². The molecule has 2 fully saturated rings. The summed E-state index contributed by atoms with van der Waals surface area (Å²) < 4.78 is 0. The second-order valence-electron chi connectivity index (χ2n) is 6.74. The van der Waals surface area contributed by atoms with E-state index in [1.165, 1.54) is 32.4 Å². The average Bonchev–Trinajstić information content (AvgIpc) is 3.22. The van der Waals surface area contributed by atoms with Gasteiger partial charge in [-0.15, -0.1) is 0 Å². The lowest BCUT2D eigenvalue weighted by Crippen LogP contribution is -2.41. The molecule has 2 amide bonds. The number of nitrogens with zero attached hydrogens (tertiary/aromatic N) is 2. The Morgan fingerprint density at radius 3 is 2.50 bits per heavy atom. The normalized spacial score (nSPS) is 21.6. The monoisotopic (exact) mass is 280 g/mol. The molecule has 0 unspecified atom stereocenters. The minimum atomic E-state index is -0.166. The fourth-order valence-electron chi connectivity index (χ4n) is 3.04. The Morgan fingerprint density at radius 2 is 1.90 bits per heavy atom. The topological polar surface area (TPSA) is 56.5 Å². The van der Waals surface area contributed by atoms with Crippen LogP contribution in [0.4, 0.5) is 4.79 Å². The lowest BCUT2D eigenvalue weighted by atomic mass is 9.96. The third-order valence-electron chi connectivity index (χ3n) is 4.28. The molecule has 2 N–H and O–H groups in total. The Labute approximate surface area is 122 Å². The molecule has 1 heterocycles. The SMILES string of the molecule is CC(CC(C)(C)N1CC1)=NNC(=O)NC1CCCCC1. The molecule has 2 aliphatic rings. The number of nitrogens with one attached hydrogen (secondary N) is 2. The minimum Gasteiger partial charge on any atom is -0.334 e. The summed E-state index contributed by atoms with van der Waals surface area (Å²) in [7, 11) is 0. The van der Waals surface area contributed by atoms with Gasteiger partial charge >= 0.3 is 6.03 Å². The molecule has 20 heavy (non-hydrogen) atoms. The van der Waals surface area contributed by atoms with Gasteiger partial charge in [0.25, 0.3) is 0 Å². The molecule has 114 valence electrons. The van der Waals surface area contributed by atoms with Gasteiger partial charge in [0, 0.05) is 36.8 Å². The Kier molecular flexibility index (Phi) is 5.02. The zero-order valence-corrected chi connectivity index (χ0v) is 13.0. The molecular weight excluding hydrogens is 252 g/mol. The van der Waals surface area contributed by atoms with Crippen LogP contribution in [0.3, 0.4) is 0 Å². The molecule has 0 bridgehead atoms. The fraction of sp³-hybridized carbons (Fsp3) is 0.867. The Morgan fingerprint density at radius 1 is 1.25 bits per heavy atom. The molecular formula is C15H28N4O. The van der Waals surface area contributed by atoms with Crippen molar-refractivity contribution in [1.82, 2.24) is 15.6 Å². The smallest absolute Gasteiger partial charge is 0.334 e. The molecule has 1 aliphatic heterocycles. The van der Waals surface area contributed by atoms with Gasteiger partial charge < -0.3 is 5.32 Å². The van der Waals surface area contributed by atoms with Gasteiger partial charge in [0.05, 0.1) is 0 Å². The number of carbonyl (C=O) groups is 1. The predicted octanol–water partition coefficient (Wildman–Crippen LogP) is 2.48. The van der Waals surface area contributed by atoms with E-state index in [1.54, 1.807) is 0 Å².